The van der Waals surface area contributed by atoms with Crippen LogP contribution in [0.3, 0.4) is 0 Å². The van der Waals surface area contributed by atoms with Gasteiger partial charge >= 0.3 is 5.97 Å². The van der Waals surface area contributed by atoms with Gasteiger partial charge in [-0.25, -0.2) is 4.39 Å². The highest BCUT2D eigenvalue weighted by molar-refractivity contribution is 5.97. The number of hydrogen-bond donors (Lipinski definition) is 1. The Hall–Kier alpha value is -1.75. The molecule has 108 valence electrons. The number of carbonyl (C=O) groups excluding carboxylic acids is 1. The zero-order valence-electron chi connectivity index (χ0n) is 11.4. The van der Waals surface area contributed by atoms with Gasteiger partial charge in [0.2, 0.25) is 0 Å². The number of rotatable bonds is 4. The number of carbonyl (C=O) groups is 2. The van der Waals surface area contributed by atoms with E-state index >= 15 is 0 Å². The summed E-state index contributed by atoms with van der Waals surface area (Å²) < 4.78 is 13.2. The molecule has 1 N–H and O–H groups in total. The van der Waals surface area contributed by atoms with Crippen LogP contribution in [-0.2, 0) is 4.79 Å². The minimum atomic E-state index is -0.806. The average molecular weight is 279 g/mol. The number of piperidine rings is 1. The number of carboxylic acids is 1. The maximum Gasteiger partial charge on any atom is 0.307 e. The van der Waals surface area contributed by atoms with Crippen molar-refractivity contribution in [3.05, 3.63) is 35.1 Å². The molecule has 1 unspecified atom stereocenters. The summed E-state index contributed by atoms with van der Waals surface area (Å²) in [6, 6.07) is 4.30. The minimum absolute atomic E-state index is 0.0980. The van der Waals surface area contributed by atoms with E-state index in [-0.39, 0.29) is 18.1 Å². The first-order valence-corrected chi connectivity index (χ1v) is 6.72. The van der Waals surface area contributed by atoms with Crippen molar-refractivity contribution in [2.75, 3.05) is 19.6 Å². The largest absolute Gasteiger partial charge is 0.481 e. The number of hydrogen-bond acceptors (Lipinski definition) is 3. The topological polar surface area (TPSA) is 57.6 Å². The van der Waals surface area contributed by atoms with E-state index in [4.69, 9.17) is 5.11 Å². The molecule has 4 nitrogen and oxygen atoms in total. The van der Waals surface area contributed by atoms with Crippen LogP contribution in [0.1, 0.15) is 28.8 Å². The third kappa shape index (κ3) is 3.42. The number of benzene rings is 1. The third-order valence-corrected chi connectivity index (χ3v) is 3.70. The molecule has 0 bridgehead atoms. The molecule has 1 aliphatic rings. The van der Waals surface area contributed by atoms with Gasteiger partial charge in [0, 0.05) is 12.1 Å². The summed E-state index contributed by atoms with van der Waals surface area (Å²) in [5.41, 5.74) is 0.916. The molecule has 1 fully saturated rings. The van der Waals surface area contributed by atoms with Crippen LogP contribution >= 0.6 is 0 Å². The third-order valence-electron chi connectivity index (χ3n) is 3.70. The quantitative estimate of drug-likeness (QED) is 0.858. The number of aryl methyl sites for hydroxylation is 1. The molecule has 1 aliphatic heterocycles. The second-order valence-electron chi connectivity index (χ2n) is 5.30. The number of carboxylic acid groups (broad SMARTS) is 1. The molecule has 0 amide bonds. The van der Waals surface area contributed by atoms with E-state index in [0.29, 0.717) is 24.1 Å². The van der Waals surface area contributed by atoms with Crippen LogP contribution < -0.4 is 0 Å². The smallest absolute Gasteiger partial charge is 0.307 e. The van der Waals surface area contributed by atoms with Crippen molar-refractivity contribution in [1.29, 1.82) is 0 Å². The van der Waals surface area contributed by atoms with Crippen molar-refractivity contribution < 1.29 is 19.1 Å². The molecule has 0 aromatic heterocycles. The van der Waals surface area contributed by atoms with Gasteiger partial charge < -0.3 is 5.11 Å². The Morgan fingerprint density at radius 2 is 2.20 bits per heavy atom. The summed E-state index contributed by atoms with van der Waals surface area (Å²) in [5, 5.41) is 9.02. The minimum Gasteiger partial charge on any atom is -0.481 e. The number of nitrogens with zero attached hydrogens (tertiary/aromatic N) is 1. The van der Waals surface area contributed by atoms with Crippen LogP contribution in [0.2, 0.25) is 0 Å². The second-order valence-corrected chi connectivity index (χ2v) is 5.30. The van der Waals surface area contributed by atoms with Gasteiger partial charge in [0.1, 0.15) is 5.82 Å². The summed E-state index contributed by atoms with van der Waals surface area (Å²) in [5.74, 6) is -1.63. The molecule has 20 heavy (non-hydrogen) atoms. The predicted octanol–water partition coefficient (Wildman–Crippen LogP) is 2.11. The summed E-state index contributed by atoms with van der Waals surface area (Å²) in [6.45, 7) is 2.94. The fraction of sp³-hybridized carbons (Fsp3) is 0.467. The van der Waals surface area contributed by atoms with E-state index in [2.05, 4.69) is 0 Å². The number of Topliss-reactive ketones (excluding diaryl/α,β-unsaturated/α-hetero) is 1. The van der Waals surface area contributed by atoms with Gasteiger partial charge in [-0.15, -0.1) is 0 Å². The van der Waals surface area contributed by atoms with Crippen molar-refractivity contribution in [1.82, 2.24) is 4.90 Å². The molecule has 2 rings (SSSR count). The lowest BCUT2D eigenvalue weighted by atomic mass is 9.97. The van der Waals surface area contributed by atoms with E-state index in [0.717, 1.165) is 13.0 Å². The molecule has 0 saturated carbocycles. The van der Waals surface area contributed by atoms with E-state index in [1.54, 1.807) is 6.92 Å². The molecule has 1 atom stereocenters. The SMILES string of the molecule is Cc1cc(C(=O)CN2CCCC(C(=O)O)C2)ccc1F. The summed E-state index contributed by atoms with van der Waals surface area (Å²) in [7, 11) is 0. The Bertz CT molecular complexity index is 530. The lowest BCUT2D eigenvalue weighted by molar-refractivity contribution is -0.143. The van der Waals surface area contributed by atoms with Crippen molar-refractivity contribution in [3.63, 3.8) is 0 Å². The zero-order chi connectivity index (χ0) is 14.7. The van der Waals surface area contributed by atoms with Gasteiger partial charge in [-0.2, -0.15) is 0 Å². The van der Waals surface area contributed by atoms with E-state index in [1.165, 1.54) is 18.2 Å². The summed E-state index contributed by atoms with van der Waals surface area (Å²) in [4.78, 5) is 25.0. The fourth-order valence-electron chi connectivity index (χ4n) is 2.51. The summed E-state index contributed by atoms with van der Waals surface area (Å²) >= 11 is 0. The maximum atomic E-state index is 13.2. The Morgan fingerprint density at radius 1 is 1.45 bits per heavy atom. The molecule has 0 spiro atoms. The van der Waals surface area contributed by atoms with Crippen molar-refractivity contribution in [3.8, 4) is 0 Å². The molecule has 1 aromatic carbocycles. The summed E-state index contributed by atoms with van der Waals surface area (Å²) in [6.07, 6.45) is 1.45. The molecular weight excluding hydrogens is 261 g/mol. The van der Waals surface area contributed by atoms with Crippen LogP contribution in [0.4, 0.5) is 4.39 Å². The van der Waals surface area contributed by atoms with Crippen LogP contribution in [-0.4, -0.2) is 41.4 Å². The normalized spacial score (nSPS) is 19.8. The fourth-order valence-corrected chi connectivity index (χ4v) is 2.51. The van der Waals surface area contributed by atoms with Crippen LogP contribution in [0.15, 0.2) is 18.2 Å². The van der Waals surface area contributed by atoms with Gasteiger partial charge in [0.25, 0.3) is 0 Å². The molecule has 0 aliphatic carbocycles. The Kier molecular flexibility index (Phi) is 4.49. The Labute approximate surface area is 117 Å². The van der Waals surface area contributed by atoms with E-state index in [9.17, 15) is 14.0 Å². The van der Waals surface area contributed by atoms with E-state index < -0.39 is 11.9 Å². The Balaban J connectivity index is 2.00. The highest BCUT2D eigenvalue weighted by atomic mass is 19.1. The molecule has 1 heterocycles. The zero-order valence-corrected chi connectivity index (χ0v) is 11.4. The first-order valence-electron chi connectivity index (χ1n) is 6.72. The second kappa shape index (κ2) is 6.13. The Morgan fingerprint density at radius 3 is 2.85 bits per heavy atom. The molecule has 1 saturated heterocycles. The number of ketones is 1. The highest BCUT2D eigenvalue weighted by Gasteiger charge is 2.26. The lowest BCUT2D eigenvalue weighted by Crippen LogP contribution is -2.41. The van der Waals surface area contributed by atoms with Crippen LogP contribution in [0.5, 0.6) is 0 Å². The number of likely N-dealkylation sites (tertiary alicyclic amines) is 1. The monoisotopic (exact) mass is 279 g/mol. The molecule has 5 heteroatoms. The first-order chi connectivity index (χ1) is 9.47. The average Bonchev–Trinajstić information content (AvgIpc) is 2.42. The van der Waals surface area contributed by atoms with Crippen LogP contribution in [0, 0.1) is 18.7 Å². The van der Waals surface area contributed by atoms with Crippen molar-refractivity contribution in [2.24, 2.45) is 5.92 Å². The lowest BCUT2D eigenvalue weighted by Gasteiger charge is -2.29. The van der Waals surface area contributed by atoms with Gasteiger partial charge in [-0.1, -0.05) is 0 Å². The standard InChI is InChI=1S/C15H18FNO3/c1-10-7-11(4-5-13(10)16)14(18)9-17-6-2-3-12(8-17)15(19)20/h4-5,7,12H,2-3,6,8-9H2,1H3,(H,19,20). The number of halogens is 1. The van der Waals surface area contributed by atoms with Crippen molar-refractivity contribution >= 4 is 11.8 Å². The first kappa shape index (κ1) is 14.7. The molecule has 1 aromatic rings. The maximum absolute atomic E-state index is 13.2. The highest BCUT2D eigenvalue weighted by Crippen LogP contribution is 2.17. The van der Waals surface area contributed by atoms with Crippen molar-refractivity contribution in [2.45, 2.75) is 19.8 Å². The predicted molar refractivity (Wildman–Crippen MR) is 72.3 cm³/mol. The van der Waals surface area contributed by atoms with Gasteiger partial charge in [-0.3, -0.25) is 14.5 Å². The van der Waals surface area contributed by atoms with E-state index in [1.807, 2.05) is 4.90 Å². The van der Waals surface area contributed by atoms with Gasteiger partial charge in [-0.05, 0) is 50.1 Å². The van der Waals surface area contributed by atoms with Crippen LogP contribution in [0.25, 0.3) is 0 Å². The number of aliphatic carboxylic acids is 1. The molecule has 0 radical (unpaired) electrons. The van der Waals surface area contributed by atoms with Gasteiger partial charge in [0.15, 0.2) is 5.78 Å². The van der Waals surface area contributed by atoms with Gasteiger partial charge in [0.05, 0.1) is 12.5 Å². The molecular formula is C15H18FNO3.